The standard InChI is InChI=1S/C14H22O4S/c1-10-6-7-12(18-4)11(8-10)9-13(15)14(2,3)19(5,16)17/h6-8,13,15H,9H2,1-5H3. The lowest BCUT2D eigenvalue weighted by Gasteiger charge is -2.29. The van der Waals surface area contributed by atoms with Crippen LogP contribution in [0.5, 0.6) is 5.75 Å². The van der Waals surface area contributed by atoms with Crippen molar-refractivity contribution in [3.05, 3.63) is 29.3 Å². The molecule has 0 radical (unpaired) electrons. The molecule has 19 heavy (non-hydrogen) atoms. The Morgan fingerprint density at radius 2 is 1.95 bits per heavy atom. The molecule has 0 saturated carbocycles. The van der Waals surface area contributed by atoms with Crippen molar-refractivity contribution in [3.63, 3.8) is 0 Å². The summed E-state index contributed by atoms with van der Waals surface area (Å²) in [6, 6.07) is 5.64. The van der Waals surface area contributed by atoms with Crippen molar-refractivity contribution >= 4 is 9.84 Å². The topological polar surface area (TPSA) is 63.6 Å². The minimum Gasteiger partial charge on any atom is -0.496 e. The molecule has 1 aromatic rings. The first kappa shape index (κ1) is 16.0. The third-order valence-electron chi connectivity index (χ3n) is 3.61. The SMILES string of the molecule is COc1ccc(C)cc1CC(O)C(C)(C)S(C)(=O)=O. The van der Waals surface area contributed by atoms with Crippen molar-refractivity contribution in [2.24, 2.45) is 0 Å². The first-order valence-corrected chi connectivity index (χ1v) is 8.00. The van der Waals surface area contributed by atoms with Gasteiger partial charge in [-0.15, -0.1) is 0 Å². The molecule has 1 unspecified atom stereocenters. The van der Waals surface area contributed by atoms with Crippen LogP contribution >= 0.6 is 0 Å². The summed E-state index contributed by atoms with van der Waals surface area (Å²) >= 11 is 0. The summed E-state index contributed by atoms with van der Waals surface area (Å²) in [4.78, 5) is 0. The Hall–Kier alpha value is -1.07. The third kappa shape index (κ3) is 3.48. The van der Waals surface area contributed by atoms with Crippen LogP contribution in [0, 0.1) is 6.92 Å². The predicted molar refractivity (Wildman–Crippen MR) is 76.4 cm³/mol. The van der Waals surface area contributed by atoms with E-state index in [1.807, 2.05) is 25.1 Å². The first-order valence-electron chi connectivity index (χ1n) is 6.10. The molecule has 1 atom stereocenters. The number of methoxy groups -OCH3 is 1. The van der Waals surface area contributed by atoms with E-state index in [2.05, 4.69) is 0 Å². The van der Waals surface area contributed by atoms with Gasteiger partial charge in [0.2, 0.25) is 0 Å². The van der Waals surface area contributed by atoms with Gasteiger partial charge >= 0.3 is 0 Å². The quantitative estimate of drug-likeness (QED) is 0.895. The number of aliphatic hydroxyl groups is 1. The first-order chi connectivity index (χ1) is 8.59. The summed E-state index contributed by atoms with van der Waals surface area (Å²) in [5.41, 5.74) is 1.85. The minimum absolute atomic E-state index is 0.241. The van der Waals surface area contributed by atoms with Crippen LogP contribution in [-0.4, -0.2) is 37.7 Å². The average molecular weight is 286 g/mol. The molecule has 0 fully saturated rings. The zero-order valence-electron chi connectivity index (χ0n) is 12.1. The Balaban J connectivity index is 3.06. The highest BCUT2D eigenvalue weighted by Crippen LogP contribution is 2.27. The number of aliphatic hydroxyl groups excluding tert-OH is 1. The summed E-state index contributed by atoms with van der Waals surface area (Å²) in [5, 5.41) is 10.2. The van der Waals surface area contributed by atoms with Gasteiger partial charge in [-0.05, 0) is 32.4 Å². The maximum absolute atomic E-state index is 11.7. The van der Waals surface area contributed by atoms with Gasteiger partial charge < -0.3 is 9.84 Å². The van der Waals surface area contributed by atoms with E-state index in [0.717, 1.165) is 17.4 Å². The van der Waals surface area contributed by atoms with E-state index in [9.17, 15) is 13.5 Å². The highest BCUT2D eigenvalue weighted by molar-refractivity contribution is 7.92. The Morgan fingerprint density at radius 3 is 2.42 bits per heavy atom. The normalized spacial score (nSPS) is 14.2. The molecule has 5 heteroatoms. The highest BCUT2D eigenvalue weighted by Gasteiger charge is 2.38. The van der Waals surface area contributed by atoms with Gasteiger partial charge in [0, 0.05) is 12.7 Å². The van der Waals surface area contributed by atoms with Gasteiger partial charge in [0.25, 0.3) is 0 Å². The molecule has 0 heterocycles. The average Bonchev–Trinajstić information content (AvgIpc) is 2.27. The second-order valence-corrected chi connectivity index (χ2v) is 8.01. The Morgan fingerprint density at radius 1 is 1.37 bits per heavy atom. The third-order valence-corrected chi connectivity index (χ3v) is 5.79. The molecule has 1 aromatic carbocycles. The molecule has 0 amide bonds. The second-order valence-electron chi connectivity index (χ2n) is 5.41. The van der Waals surface area contributed by atoms with Gasteiger partial charge in [0.1, 0.15) is 5.75 Å². The largest absolute Gasteiger partial charge is 0.496 e. The highest BCUT2D eigenvalue weighted by atomic mass is 32.2. The van der Waals surface area contributed by atoms with Gasteiger partial charge in [-0.1, -0.05) is 17.7 Å². The van der Waals surface area contributed by atoms with Crippen LogP contribution in [0.2, 0.25) is 0 Å². The molecule has 0 aliphatic rings. The minimum atomic E-state index is -3.34. The van der Waals surface area contributed by atoms with E-state index in [0.29, 0.717) is 5.75 Å². The van der Waals surface area contributed by atoms with E-state index in [-0.39, 0.29) is 6.42 Å². The Bertz CT molecular complexity index is 547. The Labute approximate surface area is 115 Å². The lowest BCUT2D eigenvalue weighted by Crippen LogP contribution is -2.44. The summed E-state index contributed by atoms with van der Waals surface area (Å²) < 4.78 is 27.5. The van der Waals surface area contributed by atoms with E-state index < -0.39 is 20.7 Å². The number of benzene rings is 1. The van der Waals surface area contributed by atoms with E-state index in [4.69, 9.17) is 4.74 Å². The van der Waals surface area contributed by atoms with Gasteiger partial charge in [0.15, 0.2) is 9.84 Å². The zero-order valence-corrected chi connectivity index (χ0v) is 12.9. The van der Waals surface area contributed by atoms with Crippen LogP contribution < -0.4 is 4.74 Å². The molecule has 4 nitrogen and oxygen atoms in total. The number of aryl methyl sites for hydroxylation is 1. The summed E-state index contributed by atoms with van der Waals surface area (Å²) in [6.07, 6.45) is 0.396. The van der Waals surface area contributed by atoms with Crippen molar-refractivity contribution in [1.29, 1.82) is 0 Å². The van der Waals surface area contributed by atoms with Gasteiger partial charge in [-0.25, -0.2) is 8.42 Å². The number of hydrogen-bond acceptors (Lipinski definition) is 4. The van der Waals surface area contributed by atoms with Crippen molar-refractivity contribution in [2.75, 3.05) is 13.4 Å². The lowest BCUT2D eigenvalue weighted by atomic mass is 9.97. The fraction of sp³-hybridized carbons (Fsp3) is 0.571. The molecule has 0 spiro atoms. The molecule has 0 aromatic heterocycles. The molecule has 0 aliphatic carbocycles. The molecule has 0 aliphatic heterocycles. The van der Waals surface area contributed by atoms with Crippen LogP contribution in [0.1, 0.15) is 25.0 Å². The maximum Gasteiger partial charge on any atom is 0.155 e. The van der Waals surface area contributed by atoms with Crippen LogP contribution in [0.15, 0.2) is 18.2 Å². The lowest BCUT2D eigenvalue weighted by molar-refractivity contribution is 0.137. The number of hydrogen-bond donors (Lipinski definition) is 1. The van der Waals surface area contributed by atoms with E-state index >= 15 is 0 Å². The van der Waals surface area contributed by atoms with Crippen LogP contribution in [-0.2, 0) is 16.3 Å². The smallest absolute Gasteiger partial charge is 0.155 e. The number of ether oxygens (including phenoxy) is 1. The monoisotopic (exact) mass is 286 g/mol. The van der Waals surface area contributed by atoms with Crippen LogP contribution in [0.3, 0.4) is 0 Å². The van der Waals surface area contributed by atoms with Crippen molar-refractivity contribution < 1.29 is 18.3 Å². The molecule has 0 bridgehead atoms. The summed E-state index contributed by atoms with van der Waals surface area (Å²) in [7, 11) is -1.78. The van der Waals surface area contributed by atoms with Gasteiger partial charge in [0.05, 0.1) is 18.0 Å². The van der Waals surface area contributed by atoms with Crippen LogP contribution in [0.4, 0.5) is 0 Å². The zero-order chi connectivity index (χ0) is 14.8. The Kier molecular flexibility index (Phi) is 4.63. The fourth-order valence-electron chi connectivity index (χ4n) is 1.77. The van der Waals surface area contributed by atoms with Crippen LogP contribution in [0.25, 0.3) is 0 Å². The predicted octanol–water partition coefficient (Wildman–Crippen LogP) is 1.73. The van der Waals surface area contributed by atoms with E-state index in [1.54, 1.807) is 7.11 Å². The van der Waals surface area contributed by atoms with Gasteiger partial charge in [-0.3, -0.25) is 0 Å². The summed E-state index contributed by atoms with van der Waals surface area (Å²) in [6.45, 7) is 5.02. The van der Waals surface area contributed by atoms with Crippen molar-refractivity contribution in [2.45, 2.75) is 38.0 Å². The maximum atomic E-state index is 11.7. The molecule has 0 saturated heterocycles. The number of sulfone groups is 1. The second kappa shape index (κ2) is 5.51. The molecule has 1 rings (SSSR count). The fourth-order valence-corrected chi connectivity index (χ4v) is 2.35. The van der Waals surface area contributed by atoms with Crippen molar-refractivity contribution in [1.82, 2.24) is 0 Å². The van der Waals surface area contributed by atoms with Crippen molar-refractivity contribution in [3.8, 4) is 5.75 Å². The van der Waals surface area contributed by atoms with E-state index in [1.165, 1.54) is 13.8 Å². The van der Waals surface area contributed by atoms with Gasteiger partial charge in [-0.2, -0.15) is 0 Å². The molecular formula is C14H22O4S. The molecule has 108 valence electrons. The molecule has 1 N–H and O–H groups in total. The summed E-state index contributed by atoms with van der Waals surface area (Å²) in [5.74, 6) is 0.661. The number of rotatable bonds is 5. The molecular weight excluding hydrogens is 264 g/mol.